The molecule has 4 aromatic rings. The van der Waals surface area contributed by atoms with Gasteiger partial charge in [0.25, 0.3) is 6.01 Å². The van der Waals surface area contributed by atoms with E-state index in [1.807, 2.05) is 61.5 Å². The summed E-state index contributed by atoms with van der Waals surface area (Å²) in [6, 6.07) is 21.7. The predicted octanol–water partition coefficient (Wildman–Crippen LogP) is 6.62. The van der Waals surface area contributed by atoms with Gasteiger partial charge in [-0.3, -0.25) is 9.59 Å². The van der Waals surface area contributed by atoms with E-state index in [0.29, 0.717) is 24.4 Å². The largest absolute Gasteiger partial charge is 0.481 e. The molecule has 1 aromatic heterocycles. The molecular formula is C28H26N2O4. The molecule has 1 fully saturated rings. The second kappa shape index (κ2) is 9.14. The first-order valence-electron chi connectivity index (χ1n) is 11.6. The summed E-state index contributed by atoms with van der Waals surface area (Å²) in [6.07, 6.45) is 3.00. The molecule has 0 spiro atoms. The van der Waals surface area contributed by atoms with Crippen LogP contribution in [0.3, 0.4) is 0 Å². The Hall–Kier alpha value is -3.93. The number of rotatable bonds is 6. The molecule has 1 aliphatic rings. The number of carbonyl (C=O) groups is 2. The lowest BCUT2D eigenvalue weighted by molar-refractivity contribution is -0.144. The van der Waals surface area contributed by atoms with E-state index in [0.717, 1.165) is 46.3 Å². The number of hydrogen-bond donors (Lipinski definition) is 2. The van der Waals surface area contributed by atoms with Gasteiger partial charge in [0.15, 0.2) is 11.4 Å². The fourth-order valence-corrected chi connectivity index (χ4v) is 4.74. The van der Waals surface area contributed by atoms with E-state index in [1.54, 1.807) is 12.1 Å². The molecule has 172 valence electrons. The first-order valence-corrected chi connectivity index (χ1v) is 11.6. The molecule has 2 atom stereocenters. The minimum absolute atomic E-state index is 0.0632. The van der Waals surface area contributed by atoms with Crippen molar-refractivity contribution in [3.05, 3.63) is 77.9 Å². The van der Waals surface area contributed by atoms with Crippen molar-refractivity contribution in [1.82, 2.24) is 4.98 Å². The number of Topliss-reactive ketones (excluding diaryl/α,β-unsaturated/α-hetero) is 1. The van der Waals surface area contributed by atoms with Crippen LogP contribution in [0.1, 0.15) is 41.6 Å². The minimum atomic E-state index is -0.865. The summed E-state index contributed by atoms with van der Waals surface area (Å²) in [7, 11) is 0. The van der Waals surface area contributed by atoms with Crippen molar-refractivity contribution in [2.75, 3.05) is 5.32 Å². The fourth-order valence-electron chi connectivity index (χ4n) is 4.74. The smallest absolute Gasteiger partial charge is 0.307 e. The normalized spacial score (nSPS) is 18.0. The van der Waals surface area contributed by atoms with E-state index in [2.05, 4.69) is 10.3 Å². The molecule has 1 heterocycles. The van der Waals surface area contributed by atoms with E-state index >= 15 is 0 Å². The van der Waals surface area contributed by atoms with Crippen molar-refractivity contribution in [2.45, 2.75) is 32.6 Å². The summed E-state index contributed by atoms with van der Waals surface area (Å²) in [5, 5.41) is 12.7. The molecule has 2 N–H and O–H groups in total. The molecule has 0 radical (unpaired) electrons. The molecule has 3 aromatic carbocycles. The lowest BCUT2D eigenvalue weighted by atomic mass is 9.75. The monoisotopic (exact) mass is 454 g/mol. The molecule has 1 aliphatic carbocycles. The van der Waals surface area contributed by atoms with Crippen LogP contribution in [0.15, 0.2) is 71.1 Å². The van der Waals surface area contributed by atoms with E-state index in [4.69, 9.17) is 4.42 Å². The fraction of sp³-hybridized carbons (Fsp3) is 0.250. The van der Waals surface area contributed by atoms with Crippen LogP contribution in [-0.4, -0.2) is 21.8 Å². The molecule has 0 aliphatic heterocycles. The molecule has 0 bridgehead atoms. The average Bonchev–Trinajstić information content (AvgIpc) is 3.25. The highest BCUT2D eigenvalue weighted by molar-refractivity contribution is 6.00. The van der Waals surface area contributed by atoms with Gasteiger partial charge in [0.1, 0.15) is 5.52 Å². The maximum Gasteiger partial charge on any atom is 0.307 e. The Balaban J connectivity index is 1.28. The number of carbonyl (C=O) groups excluding carboxylic acids is 1. The van der Waals surface area contributed by atoms with Crippen LogP contribution < -0.4 is 5.32 Å². The van der Waals surface area contributed by atoms with Crippen LogP contribution in [0.2, 0.25) is 0 Å². The zero-order valence-corrected chi connectivity index (χ0v) is 19.0. The number of aromatic nitrogens is 1. The number of hydrogen-bond acceptors (Lipinski definition) is 5. The summed E-state index contributed by atoms with van der Waals surface area (Å²) >= 11 is 0. The summed E-state index contributed by atoms with van der Waals surface area (Å²) in [4.78, 5) is 29.0. The molecule has 6 heteroatoms. The third-order valence-corrected chi connectivity index (χ3v) is 6.60. The van der Waals surface area contributed by atoms with Gasteiger partial charge in [-0.25, -0.2) is 0 Å². The van der Waals surface area contributed by atoms with Crippen LogP contribution in [0.25, 0.3) is 22.2 Å². The Morgan fingerprint density at radius 3 is 2.24 bits per heavy atom. The number of nitrogens with zero attached hydrogens (tertiary/aromatic N) is 1. The highest BCUT2D eigenvalue weighted by Gasteiger charge is 2.35. The Morgan fingerprint density at radius 1 is 0.912 bits per heavy atom. The summed E-state index contributed by atoms with van der Waals surface area (Å²) in [5.41, 5.74) is 6.10. The number of ketones is 1. The number of aliphatic carboxylic acids is 1. The van der Waals surface area contributed by atoms with Crippen LogP contribution >= 0.6 is 0 Å². The summed E-state index contributed by atoms with van der Waals surface area (Å²) in [5.74, 6) is -1.94. The highest BCUT2D eigenvalue weighted by Crippen LogP contribution is 2.33. The number of aryl methyl sites for hydroxylation is 1. The van der Waals surface area contributed by atoms with E-state index in [-0.39, 0.29) is 5.78 Å². The van der Waals surface area contributed by atoms with Crippen molar-refractivity contribution in [3.8, 4) is 11.1 Å². The summed E-state index contributed by atoms with van der Waals surface area (Å²) in [6.45, 7) is 2.01. The van der Waals surface area contributed by atoms with Crippen molar-refractivity contribution < 1.29 is 19.1 Å². The third kappa shape index (κ3) is 4.44. The molecular weight excluding hydrogens is 428 g/mol. The van der Waals surface area contributed by atoms with Crippen LogP contribution in [0.4, 0.5) is 11.7 Å². The molecule has 0 saturated heterocycles. The maximum absolute atomic E-state index is 13.0. The van der Waals surface area contributed by atoms with Gasteiger partial charge in [-0.2, -0.15) is 4.98 Å². The number of carboxylic acid groups (broad SMARTS) is 1. The first-order chi connectivity index (χ1) is 16.5. The third-order valence-electron chi connectivity index (χ3n) is 6.60. The Kier molecular flexibility index (Phi) is 5.88. The lowest BCUT2D eigenvalue weighted by Gasteiger charge is -2.27. The van der Waals surface area contributed by atoms with E-state index < -0.39 is 17.8 Å². The molecule has 0 amide bonds. The first kappa shape index (κ1) is 21.9. The van der Waals surface area contributed by atoms with Crippen molar-refractivity contribution in [2.24, 2.45) is 11.8 Å². The quantitative estimate of drug-likeness (QED) is 0.318. The van der Waals surface area contributed by atoms with Gasteiger partial charge in [-0.1, -0.05) is 55.3 Å². The second-order valence-electron chi connectivity index (χ2n) is 8.97. The van der Waals surface area contributed by atoms with E-state index in [9.17, 15) is 14.7 Å². The number of carboxylic acids is 1. The number of nitrogens with one attached hydrogen (secondary N) is 1. The molecule has 2 unspecified atom stereocenters. The number of benzene rings is 3. The second-order valence-corrected chi connectivity index (χ2v) is 8.97. The number of oxazole rings is 1. The highest BCUT2D eigenvalue weighted by atomic mass is 16.4. The van der Waals surface area contributed by atoms with Gasteiger partial charge in [0.05, 0.1) is 5.92 Å². The van der Waals surface area contributed by atoms with Crippen molar-refractivity contribution in [1.29, 1.82) is 0 Å². The van der Waals surface area contributed by atoms with Crippen LogP contribution in [0, 0.1) is 18.8 Å². The zero-order chi connectivity index (χ0) is 23.7. The Labute approximate surface area is 197 Å². The predicted molar refractivity (Wildman–Crippen MR) is 131 cm³/mol. The number of fused-ring (bicyclic) bond motifs is 1. The SMILES string of the molecule is Cc1ccc2nc(Nc3ccc(-c4ccc(C(=O)C5CCCCC5C(=O)O)cc4)cc3)oc2c1. The van der Waals surface area contributed by atoms with Gasteiger partial charge in [-0.05, 0) is 60.7 Å². The van der Waals surface area contributed by atoms with Gasteiger partial charge >= 0.3 is 5.97 Å². The topological polar surface area (TPSA) is 92.4 Å². The summed E-state index contributed by atoms with van der Waals surface area (Å²) < 4.78 is 5.78. The van der Waals surface area contributed by atoms with Crippen molar-refractivity contribution in [3.63, 3.8) is 0 Å². The lowest BCUT2D eigenvalue weighted by Crippen LogP contribution is -2.32. The minimum Gasteiger partial charge on any atom is -0.481 e. The van der Waals surface area contributed by atoms with Crippen LogP contribution in [-0.2, 0) is 4.79 Å². The van der Waals surface area contributed by atoms with Gasteiger partial charge in [-0.15, -0.1) is 0 Å². The van der Waals surface area contributed by atoms with Crippen LogP contribution in [0.5, 0.6) is 0 Å². The van der Waals surface area contributed by atoms with Crippen molar-refractivity contribution >= 4 is 34.6 Å². The van der Waals surface area contributed by atoms with Gasteiger partial charge in [0, 0.05) is 17.2 Å². The Bertz CT molecular complexity index is 1340. The standard InChI is InChI=1S/C28H26N2O4/c1-17-6-15-24-25(16-17)34-28(30-24)29-21-13-11-19(12-14-21)18-7-9-20(10-8-18)26(31)22-4-2-3-5-23(22)27(32)33/h6-16,22-23H,2-5H2,1H3,(H,29,30)(H,32,33). The average molecular weight is 455 g/mol. The molecule has 1 saturated carbocycles. The molecule has 5 rings (SSSR count). The van der Waals surface area contributed by atoms with Gasteiger partial charge < -0.3 is 14.8 Å². The number of anilines is 2. The van der Waals surface area contributed by atoms with E-state index in [1.165, 1.54) is 0 Å². The Morgan fingerprint density at radius 2 is 1.56 bits per heavy atom. The molecule has 6 nitrogen and oxygen atoms in total. The maximum atomic E-state index is 13.0. The van der Waals surface area contributed by atoms with Gasteiger partial charge in [0.2, 0.25) is 0 Å². The molecule has 34 heavy (non-hydrogen) atoms. The zero-order valence-electron chi connectivity index (χ0n) is 19.0.